The predicted octanol–water partition coefficient (Wildman–Crippen LogP) is 4.93. The number of aryl methyl sites for hydroxylation is 1. The number of halogens is 1. The van der Waals surface area contributed by atoms with E-state index in [2.05, 4.69) is 9.97 Å². The first-order valence-corrected chi connectivity index (χ1v) is 13.6. The van der Waals surface area contributed by atoms with Crippen LogP contribution in [-0.2, 0) is 24.3 Å². The normalized spacial score (nSPS) is 14.5. The summed E-state index contributed by atoms with van der Waals surface area (Å²) < 4.78 is 27.6. The Kier molecular flexibility index (Phi) is 7.13. The van der Waals surface area contributed by atoms with Crippen LogP contribution in [0, 0.1) is 24.1 Å². The number of carboxylic acids is 1. The minimum absolute atomic E-state index is 0.0353. The highest BCUT2D eigenvalue weighted by atomic mass is 32.1. The van der Waals surface area contributed by atoms with Crippen molar-refractivity contribution >= 4 is 27.7 Å². The molecule has 0 spiro atoms. The number of aromatic carboxylic acids is 1. The number of nitriles is 1. The lowest BCUT2D eigenvalue weighted by atomic mass is 10.1. The Bertz CT molecular complexity index is 1820. The summed E-state index contributed by atoms with van der Waals surface area (Å²) in [6.07, 6.45) is 3.08. The summed E-state index contributed by atoms with van der Waals surface area (Å²) in [4.78, 5) is 30.9. The number of ether oxygens (including phenoxy) is 2. The molecule has 5 heterocycles. The summed E-state index contributed by atoms with van der Waals surface area (Å²) in [5.41, 5.74) is 3.38. The van der Waals surface area contributed by atoms with E-state index in [0.29, 0.717) is 46.5 Å². The van der Waals surface area contributed by atoms with Crippen molar-refractivity contribution in [1.29, 1.82) is 5.26 Å². The highest BCUT2D eigenvalue weighted by Crippen LogP contribution is 2.29. The van der Waals surface area contributed by atoms with Gasteiger partial charge in [0.25, 0.3) is 0 Å². The van der Waals surface area contributed by atoms with E-state index < -0.39 is 11.8 Å². The predicted molar refractivity (Wildman–Crippen MR) is 147 cm³/mol. The molecule has 5 aromatic rings. The number of thiophene rings is 1. The highest BCUT2D eigenvalue weighted by molar-refractivity contribution is 7.20. The van der Waals surface area contributed by atoms with Gasteiger partial charge in [0.2, 0.25) is 5.88 Å². The topological polar surface area (TPSA) is 136 Å². The van der Waals surface area contributed by atoms with Gasteiger partial charge in [-0.25, -0.2) is 29.1 Å². The van der Waals surface area contributed by atoms with Gasteiger partial charge < -0.3 is 19.1 Å². The lowest BCUT2D eigenvalue weighted by molar-refractivity contribution is -0.0589. The maximum absolute atomic E-state index is 14.2. The van der Waals surface area contributed by atoms with Crippen molar-refractivity contribution in [3.63, 3.8) is 0 Å². The van der Waals surface area contributed by atoms with Crippen LogP contribution in [0.25, 0.3) is 21.6 Å². The van der Waals surface area contributed by atoms with Crippen molar-refractivity contribution in [2.45, 2.75) is 39.0 Å². The van der Waals surface area contributed by atoms with Crippen LogP contribution in [-0.4, -0.2) is 48.3 Å². The Morgan fingerprint density at radius 2 is 2.12 bits per heavy atom. The van der Waals surface area contributed by atoms with Gasteiger partial charge in [-0.05, 0) is 37.6 Å². The second-order valence-corrected chi connectivity index (χ2v) is 10.6. The van der Waals surface area contributed by atoms with Gasteiger partial charge in [0.05, 0.1) is 47.6 Å². The smallest absolute Gasteiger partial charge is 0.346 e. The maximum atomic E-state index is 14.2. The van der Waals surface area contributed by atoms with Gasteiger partial charge in [-0.2, -0.15) is 5.26 Å². The van der Waals surface area contributed by atoms with Gasteiger partial charge in [-0.1, -0.05) is 12.1 Å². The van der Waals surface area contributed by atoms with Crippen LogP contribution in [0.15, 0.2) is 48.7 Å². The number of fused-ring (bicyclic) bond motifs is 1. The molecule has 6 rings (SSSR count). The number of benzene rings is 1. The number of carboxylic acid groups (broad SMARTS) is 1. The first-order chi connectivity index (χ1) is 19.9. The molecular formula is C29H23FN6O4S. The standard InChI is InChI=1S/C29H23FN6O4S/c1-16-20(22-3-2-4-27(34-22)40-15-18-6-5-17(12-31)9-21(18)30)13-32-25(33-16)11-26-35-28-23(10-24(41-28)29(37)38)36(26)14-19-7-8-39-19/h2-6,9-10,13,19H,7-8,11,14-15H2,1H3,(H,37,38). The largest absolute Gasteiger partial charge is 0.477 e. The Morgan fingerprint density at radius 1 is 1.27 bits per heavy atom. The molecule has 41 heavy (non-hydrogen) atoms. The van der Waals surface area contributed by atoms with E-state index in [1.807, 2.05) is 23.6 Å². The van der Waals surface area contributed by atoms with Gasteiger partial charge in [0.15, 0.2) is 0 Å². The third-order valence-corrected chi connectivity index (χ3v) is 7.83. The van der Waals surface area contributed by atoms with Gasteiger partial charge in [0, 0.05) is 30.0 Å². The molecule has 1 aliphatic heterocycles. The van der Waals surface area contributed by atoms with Crippen LogP contribution >= 0.6 is 11.3 Å². The van der Waals surface area contributed by atoms with Crippen LogP contribution in [0.2, 0.25) is 0 Å². The van der Waals surface area contributed by atoms with E-state index in [4.69, 9.17) is 24.7 Å². The molecule has 0 saturated carbocycles. The van der Waals surface area contributed by atoms with E-state index in [1.54, 1.807) is 24.4 Å². The number of imidazole rings is 1. The fourth-order valence-corrected chi connectivity index (χ4v) is 5.45. The Morgan fingerprint density at radius 3 is 2.83 bits per heavy atom. The summed E-state index contributed by atoms with van der Waals surface area (Å²) >= 11 is 1.15. The quantitative estimate of drug-likeness (QED) is 0.262. The molecule has 0 aliphatic carbocycles. The number of carbonyl (C=O) groups is 1. The molecule has 4 aromatic heterocycles. The molecule has 1 atom stereocenters. The number of nitrogens with zero attached hydrogens (tertiary/aromatic N) is 6. The number of aromatic nitrogens is 5. The highest BCUT2D eigenvalue weighted by Gasteiger charge is 2.24. The fourth-order valence-electron chi connectivity index (χ4n) is 4.56. The van der Waals surface area contributed by atoms with Crippen LogP contribution in [0.1, 0.15) is 44.6 Å². The third kappa shape index (κ3) is 5.50. The third-order valence-electron chi connectivity index (χ3n) is 6.82. The molecule has 1 unspecified atom stereocenters. The maximum Gasteiger partial charge on any atom is 0.346 e. The van der Waals surface area contributed by atoms with E-state index in [1.165, 1.54) is 18.2 Å². The number of pyridine rings is 1. The van der Waals surface area contributed by atoms with E-state index in [9.17, 15) is 14.3 Å². The summed E-state index contributed by atoms with van der Waals surface area (Å²) in [7, 11) is 0. The molecule has 10 nitrogen and oxygen atoms in total. The number of hydrogen-bond acceptors (Lipinski definition) is 9. The molecule has 1 fully saturated rings. The fraction of sp³-hybridized carbons (Fsp3) is 0.241. The molecule has 1 aliphatic rings. The Labute approximate surface area is 237 Å². The average Bonchev–Trinajstić information content (AvgIpc) is 3.48. The molecule has 0 radical (unpaired) electrons. The van der Waals surface area contributed by atoms with Crippen molar-refractivity contribution in [3.05, 3.63) is 87.8 Å². The van der Waals surface area contributed by atoms with Crippen LogP contribution in [0.4, 0.5) is 4.39 Å². The summed E-state index contributed by atoms with van der Waals surface area (Å²) in [6.45, 7) is 3.14. The summed E-state index contributed by atoms with van der Waals surface area (Å²) in [5, 5.41) is 18.3. The molecule has 0 bridgehead atoms. The van der Waals surface area contributed by atoms with Crippen LogP contribution in [0.3, 0.4) is 0 Å². The van der Waals surface area contributed by atoms with Crippen molar-refractivity contribution in [2.75, 3.05) is 6.61 Å². The lowest BCUT2D eigenvalue weighted by Gasteiger charge is -2.27. The summed E-state index contributed by atoms with van der Waals surface area (Å²) in [5.74, 6) is 0.148. The first-order valence-electron chi connectivity index (χ1n) is 12.8. The summed E-state index contributed by atoms with van der Waals surface area (Å²) in [6, 6.07) is 13.1. The van der Waals surface area contributed by atoms with Gasteiger partial charge in [-0.15, -0.1) is 11.3 Å². The molecule has 206 valence electrons. The minimum atomic E-state index is -0.972. The molecule has 0 amide bonds. The second kappa shape index (κ2) is 11.0. The molecule has 1 aromatic carbocycles. The van der Waals surface area contributed by atoms with Crippen LogP contribution < -0.4 is 4.74 Å². The molecule has 12 heteroatoms. The minimum Gasteiger partial charge on any atom is -0.477 e. The van der Waals surface area contributed by atoms with E-state index in [-0.39, 0.29) is 23.2 Å². The molecule has 1 N–H and O–H groups in total. The number of hydrogen-bond donors (Lipinski definition) is 1. The van der Waals surface area contributed by atoms with E-state index >= 15 is 0 Å². The number of rotatable bonds is 9. The van der Waals surface area contributed by atoms with Crippen molar-refractivity contribution in [1.82, 2.24) is 24.5 Å². The molecular weight excluding hydrogens is 547 g/mol. The molecule has 1 saturated heterocycles. The van der Waals surface area contributed by atoms with Crippen molar-refractivity contribution < 1.29 is 23.8 Å². The zero-order valence-corrected chi connectivity index (χ0v) is 22.7. The Hall–Kier alpha value is -4.73. The Balaban J connectivity index is 1.21. The van der Waals surface area contributed by atoms with Crippen molar-refractivity contribution in [3.8, 4) is 23.2 Å². The lowest BCUT2D eigenvalue weighted by Crippen LogP contribution is -2.31. The SMILES string of the molecule is Cc1nc(Cc2nc3sc(C(=O)O)cc3n2CC2CCO2)ncc1-c1cccc(OCc2ccc(C#N)cc2F)n1. The van der Waals surface area contributed by atoms with Gasteiger partial charge in [-0.3, -0.25) is 0 Å². The van der Waals surface area contributed by atoms with E-state index in [0.717, 1.165) is 41.3 Å². The zero-order valence-electron chi connectivity index (χ0n) is 21.9. The average molecular weight is 571 g/mol. The monoisotopic (exact) mass is 570 g/mol. The van der Waals surface area contributed by atoms with Crippen molar-refractivity contribution in [2.24, 2.45) is 0 Å². The second-order valence-electron chi connectivity index (χ2n) is 9.56. The van der Waals surface area contributed by atoms with Crippen LogP contribution in [0.5, 0.6) is 5.88 Å². The first kappa shape index (κ1) is 26.5. The van der Waals surface area contributed by atoms with Gasteiger partial charge in [0.1, 0.15) is 33.8 Å². The van der Waals surface area contributed by atoms with Gasteiger partial charge >= 0.3 is 5.97 Å². The zero-order chi connectivity index (χ0) is 28.5.